The number of thioether (sulfide) groups is 1. The van der Waals surface area contributed by atoms with Gasteiger partial charge in [0.2, 0.25) is 5.91 Å². The Balaban J connectivity index is 2.36. The Labute approximate surface area is 137 Å². The third-order valence-corrected chi connectivity index (χ3v) is 3.70. The van der Waals surface area contributed by atoms with Crippen LogP contribution < -0.4 is 11.1 Å². The van der Waals surface area contributed by atoms with Gasteiger partial charge in [-0.15, -0.1) is 11.8 Å². The normalized spacial score (nSPS) is 11.0. The van der Waals surface area contributed by atoms with Crippen LogP contribution in [0, 0.1) is 0 Å². The Kier molecular flexibility index (Phi) is 6.54. The van der Waals surface area contributed by atoms with E-state index in [1.165, 1.54) is 11.8 Å². The molecule has 0 aliphatic carbocycles. The van der Waals surface area contributed by atoms with Gasteiger partial charge in [0, 0.05) is 10.2 Å². The second kappa shape index (κ2) is 7.70. The van der Waals surface area contributed by atoms with Gasteiger partial charge in [-0.2, -0.15) is 0 Å². The Morgan fingerprint density at radius 3 is 2.57 bits per heavy atom. The van der Waals surface area contributed by atoms with Crippen LogP contribution in [-0.4, -0.2) is 29.0 Å². The third kappa shape index (κ3) is 7.38. The predicted octanol–water partition coefficient (Wildman–Crippen LogP) is 3.04. The van der Waals surface area contributed by atoms with Crippen LogP contribution in [0.3, 0.4) is 0 Å². The Morgan fingerprint density at radius 2 is 2.00 bits per heavy atom. The lowest BCUT2D eigenvalue weighted by Crippen LogP contribution is -2.25. The van der Waals surface area contributed by atoms with Gasteiger partial charge in [-0.1, -0.05) is 0 Å². The lowest BCUT2D eigenvalue weighted by Gasteiger charge is -2.19. The summed E-state index contributed by atoms with van der Waals surface area (Å²) in [6, 6.07) is 5.13. The fourth-order valence-electron chi connectivity index (χ4n) is 1.42. The standard InChI is InChI=1S/C14H19BrN2O3S/c1-14(2,3)20-13(19)8-21-7-12(18)17-11-5-4-9(16)6-10(11)15/h4-6H,7-8,16H2,1-3H3,(H,17,18). The second-order valence-corrected chi connectivity index (χ2v) is 7.21. The van der Waals surface area contributed by atoms with Gasteiger partial charge in [0.15, 0.2) is 0 Å². The van der Waals surface area contributed by atoms with Crippen molar-refractivity contribution >= 4 is 50.9 Å². The van der Waals surface area contributed by atoms with Crippen LogP contribution in [0.25, 0.3) is 0 Å². The van der Waals surface area contributed by atoms with Crippen molar-refractivity contribution in [3.8, 4) is 0 Å². The molecule has 1 amide bonds. The van der Waals surface area contributed by atoms with Crippen LogP contribution in [-0.2, 0) is 14.3 Å². The van der Waals surface area contributed by atoms with Gasteiger partial charge < -0.3 is 15.8 Å². The number of ether oxygens (including phenoxy) is 1. The summed E-state index contributed by atoms with van der Waals surface area (Å²) >= 11 is 4.54. The lowest BCUT2D eigenvalue weighted by atomic mass is 10.2. The quantitative estimate of drug-likeness (QED) is 0.611. The number of esters is 1. The van der Waals surface area contributed by atoms with E-state index in [4.69, 9.17) is 10.5 Å². The van der Waals surface area contributed by atoms with E-state index in [0.29, 0.717) is 15.8 Å². The minimum atomic E-state index is -0.505. The second-order valence-electron chi connectivity index (χ2n) is 5.37. The third-order valence-electron chi connectivity index (χ3n) is 2.14. The first-order valence-electron chi connectivity index (χ1n) is 6.32. The number of nitrogens with two attached hydrogens (primary N) is 1. The molecule has 0 atom stereocenters. The van der Waals surface area contributed by atoms with E-state index >= 15 is 0 Å². The van der Waals surface area contributed by atoms with E-state index in [0.717, 1.165) is 0 Å². The van der Waals surface area contributed by atoms with Crippen molar-refractivity contribution in [3.63, 3.8) is 0 Å². The smallest absolute Gasteiger partial charge is 0.316 e. The zero-order valence-electron chi connectivity index (χ0n) is 12.2. The predicted molar refractivity (Wildman–Crippen MR) is 90.4 cm³/mol. The van der Waals surface area contributed by atoms with Crippen LogP contribution in [0.1, 0.15) is 20.8 Å². The Morgan fingerprint density at radius 1 is 1.33 bits per heavy atom. The molecule has 7 heteroatoms. The van der Waals surface area contributed by atoms with E-state index in [-0.39, 0.29) is 23.4 Å². The molecule has 0 spiro atoms. The summed E-state index contributed by atoms with van der Waals surface area (Å²) in [5.74, 6) is -0.188. The zero-order valence-corrected chi connectivity index (χ0v) is 14.6. The summed E-state index contributed by atoms with van der Waals surface area (Å²) in [7, 11) is 0. The summed E-state index contributed by atoms with van der Waals surface area (Å²) in [6.07, 6.45) is 0. The van der Waals surface area contributed by atoms with E-state index in [2.05, 4.69) is 21.2 Å². The number of carbonyl (C=O) groups is 2. The SMILES string of the molecule is CC(C)(C)OC(=O)CSCC(=O)Nc1ccc(N)cc1Br. The average Bonchev–Trinajstić information content (AvgIpc) is 2.30. The van der Waals surface area contributed by atoms with Crippen molar-refractivity contribution in [2.24, 2.45) is 0 Å². The highest BCUT2D eigenvalue weighted by atomic mass is 79.9. The van der Waals surface area contributed by atoms with E-state index in [1.807, 2.05) is 0 Å². The molecule has 1 rings (SSSR count). The van der Waals surface area contributed by atoms with Gasteiger partial charge >= 0.3 is 5.97 Å². The number of hydrogen-bond acceptors (Lipinski definition) is 5. The summed E-state index contributed by atoms with van der Waals surface area (Å²) in [5, 5.41) is 2.75. The van der Waals surface area contributed by atoms with E-state index in [9.17, 15) is 9.59 Å². The fraction of sp³-hybridized carbons (Fsp3) is 0.429. The highest BCUT2D eigenvalue weighted by Crippen LogP contribution is 2.24. The number of benzene rings is 1. The molecule has 0 unspecified atom stereocenters. The molecule has 0 saturated heterocycles. The van der Waals surface area contributed by atoms with Crippen molar-refractivity contribution in [2.75, 3.05) is 22.6 Å². The molecule has 116 valence electrons. The monoisotopic (exact) mass is 374 g/mol. The maximum atomic E-state index is 11.8. The number of halogens is 1. The van der Waals surface area contributed by atoms with Crippen LogP contribution in [0.15, 0.2) is 22.7 Å². The maximum Gasteiger partial charge on any atom is 0.316 e. The maximum absolute atomic E-state index is 11.8. The molecular weight excluding hydrogens is 356 g/mol. The number of nitrogens with one attached hydrogen (secondary N) is 1. The van der Waals surface area contributed by atoms with Gasteiger partial charge in [0.25, 0.3) is 0 Å². The number of carbonyl (C=O) groups excluding carboxylic acids is 2. The first kappa shape index (κ1) is 17.8. The molecule has 0 heterocycles. The molecule has 0 fully saturated rings. The molecular formula is C14H19BrN2O3S. The van der Waals surface area contributed by atoms with Gasteiger partial charge in [-0.3, -0.25) is 9.59 Å². The molecule has 0 saturated carbocycles. The van der Waals surface area contributed by atoms with Gasteiger partial charge in [-0.25, -0.2) is 0 Å². The molecule has 0 aliphatic heterocycles. The van der Waals surface area contributed by atoms with Crippen molar-refractivity contribution in [1.82, 2.24) is 0 Å². The number of rotatable bonds is 5. The number of hydrogen-bond donors (Lipinski definition) is 2. The highest BCUT2D eigenvalue weighted by molar-refractivity contribution is 9.10. The minimum Gasteiger partial charge on any atom is -0.459 e. The number of amides is 1. The molecule has 1 aromatic carbocycles. The van der Waals surface area contributed by atoms with Crippen molar-refractivity contribution in [3.05, 3.63) is 22.7 Å². The van der Waals surface area contributed by atoms with E-state index < -0.39 is 5.60 Å². The average molecular weight is 375 g/mol. The molecule has 3 N–H and O–H groups in total. The molecule has 0 radical (unpaired) electrons. The van der Waals surface area contributed by atoms with Gasteiger partial charge in [0.05, 0.1) is 17.2 Å². The molecule has 21 heavy (non-hydrogen) atoms. The van der Waals surface area contributed by atoms with Crippen molar-refractivity contribution < 1.29 is 14.3 Å². The number of nitrogen functional groups attached to an aromatic ring is 1. The van der Waals surface area contributed by atoms with Crippen molar-refractivity contribution in [1.29, 1.82) is 0 Å². The first-order chi connectivity index (χ1) is 9.67. The lowest BCUT2D eigenvalue weighted by molar-refractivity contribution is -0.151. The first-order valence-corrected chi connectivity index (χ1v) is 8.26. The highest BCUT2D eigenvalue weighted by Gasteiger charge is 2.16. The topological polar surface area (TPSA) is 81.4 Å². The summed E-state index contributed by atoms with van der Waals surface area (Å²) in [5.41, 5.74) is 6.37. The van der Waals surface area contributed by atoms with Crippen LogP contribution >= 0.6 is 27.7 Å². The molecule has 5 nitrogen and oxygen atoms in total. The Hall–Kier alpha value is -1.21. The molecule has 0 aliphatic rings. The van der Waals surface area contributed by atoms with Crippen LogP contribution in [0.5, 0.6) is 0 Å². The number of anilines is 2. The summed E-state index contributed by atoms with van der Waals surface area (Å²) in [6.45, 7) is 5.42. The Bertz CT molecular complexity index is 529. The van der Waals surface area contributed by atoms with Gasteiger partial charge in [-0.05, 0) is 54.9 Å². The molecule has 0 aromatic heterocycles. The van der Waals surface area contributed by atoms with Crippen molar-refractivity contribution in [2.45, 2.75) is 26.4 Å². The fourth-order valence-corrected chi connectivity index (χ4v) is 2.50. The molecule has 1 aromatic rings. The zero-order chi connectivity index (χ0) is 16.0. The van der Waals surface area contributed by atoms with Crippen LogP contribution in [0.4, 0.5) is 11.4 Å². The summed E-state index contributed by atoms with van der Waals surface area (Å²) in [4.78, 5) is 23.3. The largest absolute Gasteiger partial charge is 0.459 e. The van der Waals surface area contributed by atoms with E-state index in [1.54, 1.807) is 39.0 Å². The molecule has 0 bridgehead atoms. The summed E-state index contributed by atoms with van der Waals surface area (Å²) < 4.78 is 5.87. The van der Waals surface area contributed by atoms with Crippen LogP contribution in [0.2, 0.25) is 0 Å². The minimum absolute atomic E-state index is 0.146. The van der Waals surface area contributed by atoms with Gasteiger partial charge in [0.1, 0.15) is 5.60 Å².